The zero-order valence-corrected chi connectivity index (χ0v) is 14.2. The molecule has 3 aromatic heterocycles. The van der Waals surface area contributed by atoms with Crippen LogP contribution in [-0.4, -0.2) is 20.9 Å². The van der Waals surface area contributed by atoms with Gasteiger partial charge in [0, 0.05) is 35.7 Å². The van der Waals surface area contributed by atoms with Crippen LogP contribution in [0.25, 0.3) is 10.9 Å². The van der Waals surface area contributed by atoms with Crippen LogP contribution < -0.4 is 5.32 Å². The Hall–Kier alpha value is -2.69. The van der Waals surface area contributed by atoms with Crippen molar-refractivity contribution in [2.75, 3.05) is 0 Å². The lowest BCUT2D eigenvalue weighted by Gasteiger charge is -2.27. The Morgan fingerprint density at radius 2 is 2.00 bits per heavy atom. The van der Waals surface area contributed by atoms with Gasteiger partial charge in [-0.25, -0.2) is 0 Å². The van der Waals surface area contributed by atoms with Crippen molar-refractivity contribution in [3.63, 3.8) is 0 Å². The van der Waals surface area contributed by atoms with E-state index >= 15 is 0 Å². The average Bonchev–Trinajstić information content (AvgIpc) is 2.98. The molecule has 0 spiro atoms. The first kappa shape index (κ1) is 16.2. The number of pyridine rings is 2. The molecule has 0 saturated carbocycles. The summed E-state index contributed by atoms with van der Waals surface area (Å²) in [6.07, 6.45) is 7.83. The third-order valence-corrected chi connectivity index (χ3v) is 3.87. The summed E-state index contributed by atoms with van der Waals surface area (Å²) in [5.74, 6) is -0.121. The van der Waals surface area contributed by atoms with Crippen LogP contribution >= 0.6 is 0 Å². The van der Waals surface area contributed by atoms with Gasteiger partial charge in [-0.3, -0.25) is 14.8 Å². The summed E-state index contributed by atoms with van der Waals surface area (Å²) < 4.78 is 0. The molecule has 3 rings (SSSR count). The molecule has 3 aromatic rings. The van der Waals surface area contributed by atoms with E-state index in [0.717, 1.165) is 22.9 Å². The van der Waals surface area contributed by atoms with E-state index in [1.54, 1.807) is 18.6 Å². The number of carbonyl (C=O) groups is 1. The first-order chi connectivity index (χ1) is 11.4. The van der Waals surface area contributed by atoms with Crippen LogP contribution in [0.4, 0.5) is 0 Å². The van der Waals surface area contributed by atoms with E-state index in [1.165, 1.54) is 0 Å². The summed E-state index contributed by atoms with van der Waals surface area (Å²) in [5.41, 5.74) is 2.54. The Labute approximate surface area is 141 Å². The summed E-state index contributed by atoms with van der Waals surface area (Å²) in [7, 11) is 0. The van der Waals surface area contributed by atoms with Crippen LogP contribution in [-0.2, 0) is 0 Å². The zero-order chi connectivity index (χ0) is 17.2. The average molecular weight is 322 g/mol. The summed E-state index contributed by atoms with van der Waals surface area (Å²) in [6, 6.07) is 7.50. The SMILES string of the molecule is CC(C)(C)CC(NC(=O)c1cc2cnccc2[nH]1)c1cccnc1. The zero-order valence-electron chi connectivity index (χ0n) is 14.2. The van der Waals surface area contributed by atoms with Crippen LogP contribution in [0, 0.1) is 5.41 Å². The number of nitrogens with one attached hydrogen (secondary N) is 2. The molecule has 0 bridgehead atoms. The van der Waals surface area contributed by atoms with Crippen molar-refractivity contribution in [1.29, 1.82) is 0 Å². The fraction of sp³-hybridized carbons (Fsp3) is 0.316. The Morgan fingerprint density at radius 1 is 1.21 bits per heavy atom. The number of H-pyrrole nitrogens is 1. The van der Waals surface area contributed by atoms with Gasteiger partial charge in [-0.1, -0.05) is 26.8 Å². The van der Waals surface area contributed by atoms with Crippen molar-refractivity contribution < 1.29 is 4.79 Å². The van der Waals surface area contributed by atoms with Crippen molar-refractivity contribution in [3.8, 4) is 0 Å². The van der Waals surface area contributed by atoms with Crippen LogP contribution in [0.2, 0.25) is 0 Å². The molecule has 24 heavy (non-hydrogen) atoms. The molecule has 0 fully saturated rings. The molecule has 5 nitrogen and oxygen atoms in total. The number of hydrogen-bond acceptors (Lipinski definition) is 3. The lowest BCUT2D eigenvalue weighted by Crippen LogP contribution is -2.31. The molecular weight excluding hydrogens is 300 g/mol. The molecule has 0 aromatic carbocycles. The highest BCUT2D eigenvalue weighted by atomic mass is 16.1. The van der Waals surface area contributed by atoms with Gasteiger partial charge < -0.3 is 10.3 Å². The first-order valence-electron chi connectivity index (χ1n) is 8.06. The molecule has 2 N–H and O–H groups in total. The third-order valence-electron chi connectivity index (χ3n) is 3.87. The summed E-state index contributed by atoms with van der Waals surface area (Å²) in [6.45, 7) is 6.49. The van der Waals surface area contributed by atoms with Gasteiger partial charge in [-0.05, 0) is 35.6 Å². The monoisotopic (exact) mass is 322 g/mol. The Bertz CT molecular complexity index is 800. The highest BCUT2D eigenvalue weighted by Gasteiger charge is 2.23. The molecule has 0 aliphatic rings. The minimum absolute atomic E-state index is 0.0815. The number of nitrogens with zero attached hydrogens (tertiary/aromatic N) is 2. The third kappa shape index (κ3) is 3.79. The Kier molecular flexibility index (Phi) is 4.34. The maximum absolute atomic E-state index is 12.7. The fourth-order valence-corrected chi connectivity index (χ4v) is 2.78. The quantitative estimate of drug-likeness (QED) is 0.766. The van der Waals surface area contributed by atoms with Gasteiger partial charge in [0.2, 0.25) is 0 Å². The number of amides is 1. The second-order valence-corrected chi connectivity index (χ2v) is 7.22. The van der Waals surface area contributed by atoms with E-state index in [-0.39, 0.29) is 17.4 Å². The Morgan fingerprint density at radius 3 is 2.67 bits per heavy atom. The summed E-state index contributed by atoms with van der Waals surface area (Å²) in [4.78, 5) is 24.1. The van der Waals surface area contributed by atoms with E-state index in [1.807, 2.05) is 30.5 Å². The smallest absolute Gasteiger partial charge is 0.268 e. The molecule has 1 amide bonds. The second kappa shape index (κ2) is 6.43. The summed E-state index contributed by atoms with van der Waals surface area (Å²) in [5, 5.41) is 4.06. The molecule has 3 heterocycles. The van der Waals surface area contributed by atoms with Crippen LogP contribution in [0.1, 0.15) is 49.3 Å². The van der Waals surface area contributed by atoms with Gasteiger partial charge in [-0.2, -0.15) is 0 Å². The number of hydrogen-bond donors (Lipinski definition) is 2. The van der Waals surface area contributed by atoms with E-state index in [9.17, 15) is 4.79 Å². The molecule has 124 valence electrons. The molecule has 0 aliphatic heterocycles. The van der Waals surface area contributed by atoms with Gasteiger partial charge >= 0.3 is 0 Å². The van der Waals surface area contributed by atoms with E-state index < -0.39 is 0 Å². The van der Waals surface area contributed by atoms with Gasteiger partial charge in [-0.15, -0.1) is 0 Å². The predicted octanol–water partition coefficient (Wildman–Crippen LogP) is 3.87. The van der Waals surface area contributed by atoms with Crippen molar-refractivity contribution in [2.24, 2.45) is 5.41 Å². The normalized spacial score (nSPS) is 13.0. The van der Waals surface area contributed by atoms with Gasteiger partial charge in [0.1, 0.15) is 5.69 Å². The highest BCUT2D eigenvalue weighted by Crippen LogP contribution is 2.29. The minimum atomic E-state index is -0.121. The second-order valence-electron chi connectivity index (χ2n) is 7.22. The number of carbonyl (C=O) groups excluding carboxylic acids is 1. The minimum Gasteiger partial charge on any atom is -0.350 e. The lowest BCUT2D eigenvalue weighted by atomic mass is 9.86. The van der Waals surface area contributed by atoms with Gasteiger partial charge in [0.25, 0.3) is 5.91 Å². The number of aromatic nitrogens is 3. The predicted molar refractivity (Wildman–Crippen MR) is 94.6 cm³/mol. The van der Waals surface area contributed by atoms with Crippen LogP contribution in [0.15, 0.2) is 49.1 Å². The number of rotatable bonds is 4. The van der Waals surface area contributed by atoms with Crippen LogP contribution in [0.3, 0.4) is 0 Å². The highest BCUT2D eigenvalue weighted by molar-refractivity contribution is 5.97. The largest absolute Gasteiger partial charge is 0.350 e. The lowest BCUT2D eigenvalue weighted by molar-refractivity contribution is 0.0922. The number of aromatic amines is 1. The van der Waals surface area contributed by atoms with Gasteiger partial charge in [0.15, 0.2) is 0 Å². The Balaban J connectivity index is 1.84. The number of fused-ring (bicyclic) bond motifs is 1. The van der Waals surface area contributed by atoms with E-state index in [0.29, 0.717) is 5.69 Å². The maximum atomic E-state index is 12.7. The molecular formula is C19H22N4O. The standard InChI is InChI=1S/C19H22N4O/c1-19(2,3)10-17(13-5-4-7-20-11-13)23-18(24)16-9-14-12-21-8-6-15(14)22-16/h4-9,11-12,17,22H,10H2,1-3H3,(H,23,24). The molecule has 0 radical (unpaired) electrons. The topological polar surface area (TPSA) is 70.7 Å². The molecule has 0 aliphatic carbocycles. The van der Waals surface area contributed by atoms with E-state index in [4.69, 9.17) is 0 Å². The van der Waals surface area contributed by atoms with Crippen molar-refractivity contribution in [2.45, 2.75) is 33.2 Å². The molecule has 1 unspecified atom stereocenters. The van der Waals surface area contributed by atoms with Gasteiger partial charge in [0.05, 0.1) is 6.04 Å². The first-order valence-corrected chi connectivity index (χ1v) is 8.06. The molecule has 1 atom stereocenters. The maximum Gasteiger partial charge on any atom is 0.268 e. The van der Waals surface area contributed by atoms with Crippen molar-refractivity contribution in [3.05, 3.63) is 60.3 Å². The molecule has 5 heteroatoms. The van der Waals surface area contributed by atoms with E-state index in [2.05, 4.69) is 41.0 Å². The van der Waals surface area contributed by atoms with Crippen molar-refractivity contribution in [1.82, 2.24) is 20.3 Å². The van der Waals surface area contributed by atoms with Crippen molar-refractivity contribution >= 4 is 16.8 Å². The fourth-order valence-electron chi connectivity index (χ4n) is 2.78. The van der Waals surface area contributed by atoms with Crippen LogP contribution in [0.5, 0.6) is 0 Å². The molecule has 0 saturated heterocycles. The summed E-state index contributed by atoms with van der Waals surface area (Å²) >= 11 is 0.